The summed E-state index contributed by atoms with van der Waals surface area (Å²) in [5, 5.41) is 0. The van der Waals surface area contributed by atoms with Crippen molar-refractivity contribution in [1.82, 2.24) is 9.71 Å². The molecule has 0 fully saturated rings. The predicted molar refractivity (Wildman–Crippen MR) is 83.0 cm³/mol. The number of hydrogen-bond acceptors (Lipinski definition) is 5. The lowest BCUT2D eigenvalue weighted by Gasteiger charge is -2.15. The van der Waals surface area contributed by atoms with Gasteiger partial charge in [0.05, 0.1) is 6.54 Å². The van der Waals surface area contributed by atoms with Gasteiger partial charge in [-0.15, -0.1) is 0 Å². The Morgan fingerprint density at radius 2 is 2.25 bits per heavy atom. The van der Waals surface area contributed by atoms with Crippen molar-refractivity contribution in [2.45, 2.75) is 24.3 Å². The van der Waals surface area contributed by atoms with Gasteiger partial charge < -0.3 is 5.73 Å². The summed E-state index contributed by atoms with van der Waals surface area (Å²) < 4.78 is 27.2. The van der Waals surface area contributed by atoms with Crippen molar-refractivity contribution in [3.63, 3.8) is 0 Å². The molecule has 7 heteroatoms. The molecule has 1 atom stereocenters. The molecule has 0 aliphatic carbocycles. The molecule has 0 aliphatic rings. The molecule has 1 heterocycles. The number of sulfonamides is 1. The molecule has 0 radical (unpaired) electrons. The lowest BCUT2D eigenvalue weighted by Crippen LogP contribution is -2.36. The average molecular weight is 313 g/mol. The van der Waals surface area contributed by atoms with Crippen molar-refractivity contribution in [3.05, 3.63) is 24.0 Å². The van der Waals surface area contributed by atoms with Gasteiger partial charge in [-0.2, -0.15) is 11.8 Å². The molecule has 0 aliphatic heterocycles. The number of hydrogen-bond donors (Lipinski definition) is 2. The van der Waals surface area contributed by atoms with Crippen LogP contribution in [-0.2, 0) is 10.0 Å². The van der Waals surface area contributed by atoms with E-state index in [2.05, 4.69) is 21.5 Å². The van der Waals surface area contributed by atoms with Gasteiger partial charge in [-0.1, -0.05) is 18.8 Å². The van der Waals surface area contributed by atoms with Crippen LogP contribution in [0.15, 0.2) is 23.4 Å². The van der Waals surface area contributed by atoms with Crippen molar-refractivity contribution in [2.75, 3.05) is 18.6 Å². The summed E-state index contributed by atoms with van der Waals surface area (Å²) in [5.74, 6) is 6.18. The summed E-state index contributed by atoms with van der Waals surface area (Å²) in [6, 6.07) is 1.41. The highest BCUT2D eigenvalue weighted by Crippen LogP contribution is 2.11. The molecular formula is C13H19N3O2S2. The van der Waals surface area contributed by atoms with Crippen molar-refractivity contribution in [2.24, 2.45) is 5.73 Å². The van der Waals surface area contributed by atoms with Crippen molar-refractivity contribution >= 4 is 21.8 Å². The second kappa shape index (κ2) is 8.27. The highest BCUT2D eigenvalue weighted by atomic mass is 32.2. The molecule has 1 rings (SSSR count). The highest BCUT2D eigenvalue weighted by Gasteiger charge is 2.19. The molecule has 1 unspecified atom stereocenters. The molecule has 1 aromatic rings. The summed E-state index contributed by atoms with van der Waals surface area (Å²) in [6.07, 6.45) is 5.52. The zero-order chi connectivity index (χ0) is 15.0. The van der Waals surface area contributed by atoms with Gasteiger partial charge in [-0.25, -0.2) is 13.1 Å². The van der Waals surface area contributed by atoms with E-state index >= 15 is 0 Å². The van der Waals surface area contributed by atoms with Gasteiger partial charge in [-0.05, 0) is 18.7 Å². The first-order valence-corrected chi connectivity index (χ1v) is 9.06. The minimum absolute atomic E-state index is 0.0891. The Labute approximate surface area is 124 Å². The smallest absolute Gasteiger partial charge is 0.242 e. The van der Waals surface area contributed by atoms with Crippen LogP contribution in [0.4, 0.5) is 0 Å². The lowest BCUT2D eigenvalue weighted by atomic mass is 10.3. The molecule has 0 bridgehead atoms. The molecule has 0 saturated heterocycles. The topological polar surface area (TPSA) is 85.1 Å². The minimum atomic E-state index is -3.57. The molecule has 1 aromatic heterocycles. The third-order valence-corrected chi connectivity index (χ3v) is 4.76. The van der Waals surface area contributed by atoms with E-state index in [0.717, 1.165) is 12.2 Å². The first-order chi connectivity index (χ1) is 9.53. The number of rotatable bonds is 6. The number of nitrogens with zero attached hydrogens (tertiary/aromatic N) is 1. The second-order valence-corrected chi connectivity index (χ2v) is 6.72. The van der Waals surface area contributed by atoms with Crippen LogP contribution >= 0.6 is 11.8 Å². The fourth-order valence-corrected chi connectivity index (χ4v) is 3.64. The molecule has 3 N–H and O–H groups in total. The van der Waals surface area contributed by atoms with Gasteiger partial charge in [0, 0.05) is 29.8 Å². The molecular weight excluding hydrogens is 294 g/mol. The van der Waals surface area contributed by atoms with Gasteiger partial charge in [-0.3, -0.25) is 4.98 Å². The Kier molecular flexibility index (Phi) is 7.02. The van der Waals surface area contributed by atoms with Crippen molar-refractivity contribution in [1.29, 1.82) is 0 Å². The van der Waals surface area contributed by atoms with E-state index in [0.29, 0.717) is 5.56 Å². The number of aromatic nitrogens is 1. The van der Waals surface area contributed by atoms with Crippen LogP contribution in [0.2, 0.25) is 0 Å². The molecule has 0 saturated carbocycles. The minimum Gasteiger partial charge on any atom is -0.320 e. The van der Waals surface area contributed by atoms with Crippen molar-refractivity contribution < 1.29 is 8.42 Å². The van der Waals surface area contributed by atoms with Gasteiger partial charge in [0.15, 0.2) is 0 Å². The normalized spacial score (nSPS) is 12.6. The molecule has 0 amide bonds. The van der Waals surface area contributed by atoms with E-state index < -0.39 is 10.0 Å². The molecule has 20 heavy (non-hydrogen) atoms. The second-order valence-electron chi connectivity index (χ2n) is 4.10. The third-order valence-electron chi connectivity index (χ3n) is 2.54. The maximum absolute atomic E-state index is 12.3. The fourth-order valence-electron chi connectivity index (χ4n) is 1.51. The number of nitrogens with two attached hydrogens (primary N) is 1. The monoisotopic (exact) mass is 313 g/mol. The van der Waals surface area contributed by atoms with Crippen LogP contribution in [0.1, 0.15) is 18.9 Å². The van der Waals surface area contributed by atoms with E-state index in [1.807, 2.05) is 13.2 Å². The summed E-state index contributed by atoms with van der Waals surface area (Å²) in [7, 11) is -3.57. The third kappa shape index (κ3) is 5.13. The van der Waals surface area contributed by atoms with Crippen LogP contribution in [0.25, 0.3) is 0 Å². The molecule has 5 nitrogen and oxygen atoms in total. The summed E-state index contributed by atoms with van der Waals surface area (Å²) in [5.41, 5.74) is 5.83. The predicted octanol–water partition coefficient (Wildman–Crippen LogP) is 0.812. The Bertz CT molecular complexity index is 591. The summed E-state index contributed by atoms with van der Waals surface area (Å²) >= 11 is 1.61. The maximum Gasteiger partial charge on any atom is 0.242 e. The van der Waals surface area contributed by atoms with Crippen molar-refractivity contribution in [3.8, 4) is 11.8 Å². The Balaban J connectivity index is 2.97. The summed E-state index contributed by atoms with van der Waals surface area (Å²) in [4.78, 5) is 4.04. The van der Waals surface area contributed by atoms with Crippen LogP contribution in [-0.4, -0.2) is 38.0 Å². The zero-order valence-electron chi connectivity index (χ0n) is 11.6. The number of nitrogens with one attached hydrogen (secondary N) is 1. The quantitative estimate of drug-likeness (QED) is 0.759. The van der Waals surface area contributed by atoms with E-state index in [4.69, 9.17) is 5.73 Å². The number of thioether (sulfide) groups is 1. The Morgan fingerprint density at radius 1 is 1.50 bits per heavy atom. The SMILES string of the molecule is CCC(CSC)NS(=O)(=O)c1cncc(C#CCN)c1. The first kappa shape index (κ1) is 17.0. The average Bonchev–Trinajstić information content (AvgIpc) is 2.44. The van der Waals surface area contributed by atoms with Crippen LogP contribution in [0.5, 0.6) is 0 Å². The van der Waals surface area contributed by atoms with E-state index in [1.165, 1.54) is 18.5 Å². The standard InChI is InChI=1S/C13H19N3O2S2/c1-3-12(10-19-2)16-20(17,18)13-7-11(5-4-6-14)8-15-9-13/h7-9,12,16H,3,6,10,14H2,1-2H3. The van der Waals surface area contributed by atoms with E-state index in [-0.39, 0.29) is 17.5 Å². The largest absolute Gasteiger partial charge is 0.320 e. The van der Waals surface area contributed by atoms with Crippen LogP contribution in [0.3, 0.4) is 0 Å². The Hall–Kier alpha value is -1.07. The zero-order valence-corrected chi connectivity index (χ0v) is 13.2. The van der Waals surface area contributed by atoms with E-state index in [9.17, 15) is 8.42 Å². The maximum atomic E-state index is 12.3. The highest BCUT2D eigenvalue weighted by molar-refractivity contribution is 7.98. The van der Waals surface area contributed by atoms with Gasteiger partial charge in [0.2, 0.25) is 10.0 Å². The Morgan fingerprint density at radius 3 is 2.85 bits per heavy atom. The lowest BCUT2D eigenvalue weighted by molar-refractivity contribution is 0.558. The van der Waals surface area contributed by atoms with Crippen LogP contribution < -0.4 is 10.5 Å². The summed E-state index contributed by atoms with van der Waals surface area (Å²) in [6.45, 7) is 2.17. The van der Waals surface area contributed by atoms with Gasteiger partial charge >= 0.3 is 0 Å². The van der Waals surface area contributed by atoms with Gasteiger partial charge in [0.1, 0.15) is 4.90 Å². The van der Waals surface area contributed by atoms with Gasteiger partial charge in [0.25, 0.3) is 0 Å². The first-order valence-electron chi connectivity index (χ1n) is 6.18. The fraction of sp³-hybridized carbons (Fsp3) is 0.462. The number of pyridine rings is 1. The van der Waals surface area contributed by atoms with E-state index in [1.54, 1.807) is 11.8 Å². The van der Waals surface area contributed by atoms with Crippen LogP contribution in [0, 0.1) is 11.8 Å². The molecule has 0 aromatic carbocycles. The molecule has 0 spiro atoms. The molecule has 110 valence electrons.